The van der Waals surface area contributed by atoms with Crippen molar-refractivity contribution in [3.63, 3.8) is 0 Å². The zero-order chi connectivity index (χ0) is 13.8. The van der Waals surface area contributed by atoms with Gasteiger partial charge in [-0.1, -0.05) is 35.0 Å². The summed E-state index contributed by atoms with van der Waals surface area (Å²) in [5.74, 6) is 0.0109. The molecular formula is C14H21BrN2O. The lowest BCUT2D eigenvalue weighted by Crippen LogP contribution is -2.52. The van der Waals surface area contributed by atoms with Crippen LogP contribution in [0.2, 0.25) is 0 Å². The first-order valence-electron chi connectivity index (χ1n) is 6.18. The van der Waals surface area contributed by atoms with Gasteiger partial charge in [-0.05, 0) is 45.0 Å². The molecule has 1 atom stereocenters. The zero-order valence-corrected chi connectivity index (χ0v) is 13.0. The predicted molar refractivity (Wildman–Crippen MR) is 78.5 cm³/mol. The average molecular weight is 313 g/mol. The summed E-state index contributed by atoms with van der Waals surface area (Å²) < 4.78 is 1.02. The van der Waals surface area contributed by atoms with Crippen molar-refractivity contribution >= 4 is 21.8 Å². The van der Waals surface area contributed by atoms with E-state index in [1.807, 2.05) is 52.0 Å². The first-order chi connectivity index (χ1) is 8.36. The van der Waals surface area contributed by atoms with E-state index in [0.29, 0.717) is 0 Å². The van der Waals surface area contributed by atoms with Crippen molar-refractivity contribution in [2.75, 3.05) is 6.54 Å². The Hall–Kier alpha value is -0.870. The summed E-state index contributed by atoms with van der Waals surface area (Å²) in [4.78, 5) is 12.1. The molecule has 0 bridgehead atoms. The molecule has 0 saturated carbocycles. The summed E-state index contributed by atoms with van der Waals surface area (Å²) in [6.45, 7) is 8.53. The van der Waals surface area contributed by atoms with Gasteiger partial charge >= 0.3 is 0 Å². The van der Waals surface area contributed by atoms with Crippen LogP contribution in [0.3, 0.4) is 0 Å². The third-order valence-corrected chi connectivity index (χ3v) is 3.38. The molecule has 0 heterocycles. The second-order valence-electron chi connectivity index (χ2n) is 4.91. The van der Waals surface area contributed by atoms with Crippen LogP contribution in [0.5, 0.6) is 0 Å². The van der Waals surface area contributed by atoms with Gasteiger partial charge in [0, 0.05) is 4.47 Å². The fourth-order valence-electron chi connectivity index (χ4n) is 1.76. The molecule has 100 valence electrons. The summed E-state index contributed by atoms with van der Waals surface area (Å²) in [6.07, 6.45) is 0. The van der Waals surface area contributed by atoms with Crippen LogP contribution in [0.1, 0.15) is 39.3 Å². The monoisotopic (exact) mass is 312 g/mol. The second kappa shape index (κ2) is 6.34. The Balaban J connectivity index is 2.70. The molecule has 18 heavy (non-hydrogen) atoms. The van der Waals surface area contributed by atoms with Crippen molar-refractivity contribution in [2.45, 2.75) is 39.3 Å². The molecule has 0 fully saturated rings. The Morgan fingerprint density at radius 2 is 2.11 bits per heavy atom. The summed E-state index contributed by atoms with van der Waals surface area (Å²) >= 11 is 3.44. The van der Waals surface area contributed by atoms with Crippen LogP contribution in [0.25, 0.3) is 0 Å². The Bertz CT molecular complexity index is 418. The molecule has 0 unspecified atom stereocenters. The van der Waals surface area contributed by atoms with Crippen molar-refractivity contribution in [3.8, 4) is 0 Å². The largest absolute Gasteiger partial charge is 0.348 e. The van der Waals surface area contributed by atoms with Gasteiger partial charge in [0.05, 0.1) is 11.6 Å². The van der Waals surface area contributed by atoms with Gasteiger partial charge in [-0.25, -0.2) is 0 Å². The van der Waals surface area contributed by atoms with E-state index >= 15 is 0 Å². The summed E-state index contributed by atoms with van der Waals surface area (Å²) in [5.41, 5.74) is 0.541. The van der Waals surface area contributed by atoms with E-state index in [9.17, 15) is 4.79 Å². The minimum Gasteiger partial charge on any atom is -0.348 e. The molecule has 0 spiro atoms. The summed E-state index contributed by atoms with van der Waals surface area (Å²) in [7, 11) is 0. The average Bonchev–Trinajstić information content (AvgIpc) is 2.28. The highest BCUT2D eigenvalue weighted by Crippen LogP contribution is 2.18. The Kier molecular flexibility index (Phi) is 5.35. The van der Waals surface area contributed by atoms with Crippen molar-refractivity contribution in [2.24, 2.45) is 0 Å². The van der Waals surface area contributed by atoms with Gasteiger partial charge in [0.2, 0.25) is 5.91 Å². The van der Waals surface area contributed by atoms with Gasteiger partial charge in [0.1, 0.15) is 0 Å². The molecule has 0 aliphatic carbocycles. The molecule has 0 radical (unpaired) electrons. The molecule has 0 aliphatic heterocycles. The Labute approximate surface area is 117 Å². The van der Waals surface area contributed by atoms with Gasteiger partial charge in [-0.15, -0.1) is 0 Å². The third-order valence-electron chi connectivity index (χ3n) is 2.88. The van der Waals surface area contributed by atoms with E-state index in [1.54, 1.807) is 0 Å². The van der Waals surface area contributed by atoms with Crippen molar-refractivity contribution in [1.29, 1.82) is 0 Å². The van der Waals surface area contributed by atoms with Gasteiger partial charge in [-0.2, -0.15) is 0 Å². The van der Waals surface area contributed by atoms with Crippen molar-refractivity contribution < 1.29 is 4.79 Å². The SMILES string of the molecule is CCNC(C)(C)C(=O)N[C@H](C)c1cccc(Br)c1. The smallest absolute Gasteiger partial charge is 0.240 e. The number of carbonyl (C=O) groups is 1. The van der Waals surface area contributed by atoms with Crippen LogP contribution in [0.15, 0.2) is 28.7 Å². The quantitative estimate of drug-likeness (QED) is 0.877. The van der Waals surface area contributed by atoms with E-state index in [1.165, 1.54) is 0 Å². The highest BCUT2D eigenvalue weighted by Gasteiger charge is 2.27. The summed E-state index contributed by atoms with van der Waals surface area (Å²) in [5, 5.41) is 6.19. The number of hydrogen-bond donors (Lipinski definition) is 2. The van der Waals surface area contributed by atoms with Crippen molar-refractivity contribution in [3.05, 3.63) is 34.3 Å². The van der Waals surface area contributed by atoms with Crippen LogP contribution >= 0.6 is 15.9 Å². The first kappa shape index (κ1) is 15.2. The molecule has 1 aromatic rings. The van der Waals surface area contributed by atoms with E-state index < -0.39 is 5.54 Å². The fourth-order valence-corrected chi connectivity index (χ4v) is 2.18. The number of hydrogen-bond acceptors (Lipinski definition) is 2. The topological polar surface area (TPSA) is 41.1 Å². The van der Waals surface area contributed by atoms with E-state index in [4.69, 9.17) is 0 Å². The molecular weight excluding hydrogens is 292 g/mol. The van der Waals surface area contributed by atoms with Gasteiger partial charge in [-0.3, -0.25) is 4.79 Å². The Morgan fingerprint density at radius 1 is 1.44 bits per heavy atom. The number of likely N-dealkylation sites (N-methyl/N-ethyl adjacent to an activating group) is 1. The molecule has 3 nitrogen and oxygen atoms in total. The number of nitrogens with one attached hydrogen (secondary N) is 2. The highest BCUT2D eigenvalue weighted by atomic mass is 79.9. The minimum absolute atomic E-state index is 0.00655. The third kappa shape index (κ3) is 4.10. The van der Waals surface area contributed by atoms with E-state index in [-0.39, 0.29) is 11.9 Å². The van der Waals surface area contributed by atoms with Gasteiger partial charge < -0.3 is 10.6 Å². The molecule has 0 aliphatic rings. The number of rotatable bonds is 5. The molecule has 1 rings (SSSR count). The van der Waals surface area contributed by atoms with Crippen molar-refractivity contribution in [1.82, 2.24) is 10.6 Å². The lowest BCUT2D eigenvalue weighted by Gasteiger charge is -2.27. The standard InChI is InChI=1S/C14H21BrN2O/c1-5-16-14(3,4)13(18)17-10(2)11-7-6-8-12(15)9-11/h6-10,16H,5H2,1-4H3,(H,17,18)/t10-/m1/s1. The maximum Gasteiger partial charge on any atom is 0.240 e. The Morgan fingerprint density at radius 3 is 2.67 bits per heavy atom. The molecule has 0 aromatic heterocycles. The highest BCUT2D eigenvalue weighted by molar-refractivity contribution is 9.10. The number of halogens is 1. The predicted octanol–water partition coefficient (Wildman–Crippen LogP) is 3.01. The van der Waals surface area contributed by atoms with Crippen LogP contribution < -0.4 is 10.6 Å². The maximum atomic E-state index is 12.1. The van der Waals surface area contributed by atoms with Gasteiger partial charge in [0.15, 0.2) is 0 Å². The number of benzene rings is 1. The maximum absolute atomic E-state index is 12.1. The second-order valence-corrected chi connectivity index (χ2v) is 5.82. The lowest BCUT2D eigenvalue weighted by atomic mass is 10.0. The molecule has 0 saturated heterocycles. The molecule has 2 N–H and O–H groups in total. The lowest BCUT2D eigenvalue weighted by molar-refractivity contribution is -0.127. The van der Waals surface area contributed by atoms with Crippen LogP contribution in [0, 0.1) is 0 Å². The molecule has 4 heteroatoms. The van der Waals surface area contributed by atoms with Crippen LogP contribution in [0.4, 0.5) is 0 Å². The normalized spacial score (nSPS) is 13.2. The van der Waals surface area contributed by atoms with Crippen LogP contribution in [-0.2, 0) is 4.79 Å². The molecule has 1 aromatic carbocycles. The van der Waals surface area contributed by atoms with Crippen LogP contribution in [-0.4, -0.2) is 18.0 Å². The van der Waals surface area contributed by atoms with Gasteiger partial charge in [0.25, 0.3) is 0 Å². The number of carbonyl (C=O) groups excluding carboxylic acids is 1. The zero-order valence-electron chi connectivity index (χ0n) is 11.4. The first-order valence-corrected chi connectivity index (χ1v) is 6.97. The minimum atomic E-state index is -0.547. The molecule has 1 amide bonds. The summed E-state index contributed by atoms with van der Waals surface area (Å²) in [6, 6.07) is 7.96. The van der Waals surface area contributed by atoms with E-state index in [2.05, 4.69) is 26.6 Å². The number of amides is 1. The van der Waals surface area contributed by atoms with E-state index in [0.717, 1.165) is 16.6 Å². The fraction of sp³-hybridized carbons (Fsp3) is 0.500.